The van der Waals surface area contributed by atoms with Crippen molar-refractivity contribution in [1.82, 2.24) is 45.1 Å². The molecule has 4 aromatic heterocycles. The number of H-pyrrole nitrogens is 1. The molecule has 0 aliphatic carbocycles. The van der Waals surface area contributed by atoms with Crippen molar-refractivity contribution in [3.8, 4) is 11.3 Å². The van der Waals surface area contributed by atoms with E-state index in [4.69, 9.17) is 5.10 Å². The summed E-state index contributed by atoms with van der Waals surface area (Å²) in [5, 5.41) is 23.9. The largest absolute Gasteiger partial charge is 0.317 e. The zero-order valence-electron chi connectivity index (χ0n) is 18.2. The van der Waals surface area contributed by atoms with Crippen LogP contribution < -0.4 is 10.9 Å². The van der Waals surface area contributed by atoms with Crippen LogP contribution in [0.1, 0.15) is 36.0 Å². The van der Waals surface area contributed by atoms with Crippen LogP contribution >= 0.6 is 0 Å². The summed E-state index contributed by atoms with van der Waals surface area (Å²) in [5.41, 5.74) is 4.43. The molecule has 1 aliphatic heterocycles. The summed E-state index contributed by atoms with van der Waals surface area (Å²) < 4.78 is 3.69. The Labute approximate surface area is 188 Å². The third-order valence-corrected chi connectivity index (χ3v) is 6.30. The number of hydrogen-bond acceptors (Lipinski definition) is 7. The molecule has 6 rings (SSSR count). The van der Waals surface area contributed by atoms with E-state index < -0.39 is 0 Å². The van der Waals surface area contributed by atoms with E-state index in [0.717, 1.165) is 64.9 Å². The van der Waals surface area contributed by atoms with Gasteiger partial charge in [0, 0.05) is 35.2 Å². The van der Waals surface area contributed by atoms with Gasteiger partial charge in [-0.3, -0.25) is 4.79 Å². The van der Waals surface area contributed by atoms with Crippen LogP contribution in [0.3, 0.4) is 0 Å². The molecule has 10 heteroatoms. The monoisotopic (exact) mass is 441 g/mol. The first-order chi connectivity index (χ1) is 16.2. The predicted octanol–water partition coefficient (Wildman–Crippen LogP) is 2.05. The highest BCUT2D eigenvalue weighted by Gasteiger charge is 2.17. The zero-order valence-corrected chi connectivity index (χ0v) is 18.2. The molecule has 0 bridgehead atoms. The van der Waals surface area contributed by atoms with E-state index >= 15 is 0 Å². The van der Waals surface area contributed by atoms with E-state index in [1.165, 1.54) is 0 Å². The Morgan fingerprint density at radius 2 is 2.03 bits per heavy atom. The topological polar surface area (TPSA) is 119 Å². The smallest absolute Gasteiger partial charge is 0.258 e. The van der Waals surface area contributed by atoms with Crippen molar-refractivity contribution in [1.29, 1.82) is 0 Å². The molecule has 0 amide bonds. The maximum atomic E-state index is 13.2. The number of piperidine rings is 1. The second-order valence-electron chi connectivity index (χ2n) is 8.54. The number of imidazole rings is 1. The van der Waals surface area contributed by atoms with Crippen molar-refractivity contribution in [3.05, 3.63) is 70.2 Å². The van der Waals surface area contributed by atoms with E-state index in [2.05, 4.69) is 30.9 Å². The molecule has 0 unspecified atom stereocenters. The van der Waals surface area contributed by atoms with E-state index in [0.29, 0.717) is 12.2 Å². The van der Waals surface area contributed by atoms with Crippen molar-refractivity contribution >= 4 is 16.4 Å². The van der Waals surface area contributed by atoms with Gasteiger partial charge in [-0.15, -0.1) is 5.10 Å². The molecule has 10 nitrogen and oxygen atoms in total. The number of hydrogen-bond donors (Lipinski definition) is 2. The van der Waals surface area contributed by atoms with Gasteiger partial charge in [0.2, 0.25) is 0 Å². The van der Waals surface area contributed by atoms with E-state index in [1.807, 2.05) is 54.2 Å². The summed E-state index contributed by atoms with van der Waals surface area (Å²) in [6, 6.07) is 10.2. The molecule has 2 N–H and O–H groups in total. The van der Waals surface area contributed by atoms with Gasteiger partial charge in [0.1, 0.15) is 0 Å². The Morgan fingerprint density at radius 3 is 2.85 bits per heavy atom. The molecule has 1 aliphatic rings. The number of pyridine rings is 1. The molecule has 0 atom stereocenters. The second kappa shape index (κ2) is 7.89. The van der Waals surface area contributed by atoms with Crippen LogP contribution in [0.5, 0.6) is 0 Å². The fourth-order valence-electron chi connectivity index (χ4n) is 4.65. The van der Waals surface area contributed by atoms with E-state index in [9.17, 15) is 4.79 Å². The van der Waals surface area contributed by atoms with Crippen LogP contribution in [0.25, 0.3) is 27.7 Å². The Hall–Kier alpha value is -3.92. The average Bonchev–Trinajstić information content (AvgIpc) is 3.48. The fourth-order valence-corrected chi connectivity index (χ4v) is 4.65. The Balaban J connectivity index is 1.43. The maximum Gasteiger partial charge on any atom is 0.258 e. The van der Waals surface area contributed by atoms with Crippen molar-refractivity contribution in [2.75, 3.05) is 13.1 Å². The van der Waals surface area contributed by atoms with Gasteiger partial charge in [0.15, 0.2) is 11.5 Å². The number of tetrazole rings is 1. The molecule has 33 heavy (non-hydrogen) atoms. The van der Waals surface area contributed by atoms with Gasteiger partial charge in [-0.05, 0) is 72.9 Å². The SMILES string of the molecule is Cc1cn2nc(-c3ccc4c(=O)n(C5CCNCC5)ccc4c3)cc(Cc3nnn[nH]3)c2n1. The Bertz CT molecular complexity index is 1510. The van der Waals surface area contributed by atoms with Crippen molar-refractivity contribution in [3.63, 3.8) is 0 Å². The number of aromatic amines is 1. The predicted molar refractivity (Wildman–Crippen MR) is 123 cm³/mol. The van der Waals surface area contributed by atoms with Gasteiger partial charge in [-0.1, -0.05) is 6.07 Å². The summed E-state index contributed by atoms with van der Waals surface area (Å²) in [5.74, 6) is 0.659. The van der Waals surface area contributed by atoms with E-state index in [-0.39, 0.29) is 11.6 Å². The molecule has 5 heterocycles. The van der Waals surface area contributed by atoms with Crippen LogP contribution in [0.2, 0.25) is 0 Å². The van der Waals surface area contributed by atoms with Gasteiger partial charge < -0.3 is 9.88 Å². The Morgan fingerprint density at radius 1 is 1.15 bits per heavy atom. The summed E-state index contributed by atoms with van der Waals surface area (Å²) >= 11 is 0. The van der Waals surface area contributed by atoms with Crippen LogP contribution in [-0.4, -0.2) is 52.9 Å². The minimum Gasteiger partial charge on any atom is -0.317 e. The zero-order chi connectivity index (χ0) is 22.4. The molecule has 1 aromatic carbocycles. The molecular formula is C23H23N9O. The molecule has 5 aromatic rings. The van der Waals surface area contributed by atoms with Gasteiger partial charge in [0.05, 0.1) is 17.6 Å². The number of fused-ring (bicyclic) bond motifs is 2. The number of aromatic nitrogens is 8. The first kappa shape index (κ1) is 19.7. The summed E-state index contributed by atoms with van der Waals surface area (Å²) in [6.07, 6.45) is 6.29. The minimum atomic E-state index is 0.0677. The molecule has 0 radical (unpaired) electrons. The van der Waals surface area contributed by atoms with E-state index in [1.54, 1.807) is 4.52 Å². The lowest BCUT2D eigenvalue weighted by Gasteiger charge is -2.25. The van der Waals surface area contributed by atoms with Crippen LogP contribution in [-0.2, 0) is 6.42 Å². The highest BCUT2D eigenvalue weighted by molar-refractivity contribution is 5.86. The first-order valence-electron chi connectivity index (χ1n) is 11.1. The lowest BCUT2D eigenvalue weighted by atomic mass is 10.0. The van der Waals surface area contributed by atoms with Gasteiger partial charge in [-0.25, -0.2) is 14.6 Å². The number of rotatable bonds is 4. The molecular weight excluding hydrogens is 418 g/mol. The minimum absolute atomic E-state index is 0.0677. The highest BCUT2D eigenvalue weighted by Crippen LogP contribution is 2.26. The lowest BCUT2D eigenvalue weighted by molar-refractivity contribution is 0.362. The summed E-state index contributed by atoms with van der Waals surface area (Å²) in [4.78, 5) is 17.8. The second-order valence-corrected chi connectivity index (χ2v) is 8.54. The maximum absolute atomic E-state index is 13.2. The molecule has 166 valence electrons. The Kier molecular flexibility index (Phi) is 4.72. The van der Waals surface area contributed by atoms with Crippen LogP contribution in [0.4, 0.5) is 0 Å². The summed E-state index contributed by atoms with van der Waals surface area (Å²) in [7, 11) is 0. The molecule has 0 spiro atoms. The molecule has 1 fully saturated rings. The van der Waals surface area contributed by atoms with Crippen LogP contribution in [0.15, 0.2) is 47.5 Å². The van der Waals surface area contributed by atoms with Crippen molar-refractivity contribution < 1.29 is 0 Å². The lowest BCUT2D eigenvalue weighted by Crippen LogP contribution is -2.34. The quantitative estimate of drug-likeness (QED) is 0.438. The van der Waals surface area contributed by atoms with Crippen molar-refractivity contribution in [2.45, 2.75) is 32.2 Å². The highest BCUT2D eigenvalue weighted by atomic mass is 16.1. The van der Waals surface area contributed by atoms with Gasteiger partial charge >= 0.3 is 0 Å². The van der Waals surface area contributed by atoms with Gasteiger partial charge in [0.25, 0.3) is 5.56 Å². The number of nitrogens with zero attached hydrogens (tertiary/aromatic N) is 7. The molecule has 0 saturated carbocycles. The van der Waals surface area contributed by atoms with Gasteiger partial charge in [-0.2, -0.15) is 5.10 Å². The average molecular weight is 441 g/mol. The first-order valence-corrected chi connectivity index (χ1v) is 11.1. The van der Waals surface area contributed by atoms with Crippen molar-refractivity contribution in [2.24, 2.45) is 0 Å². The number of benzene rings is 1. The summed E-state index contributed by atoms with van der Waals surface area (Å²) in [6.45, 7) is 3.84. The standard InChI is InChI=1S/C23H23N9O/c1-14-13-32-22(25-14)17(12-21-26-29-30-27-21)11-20(28-32)16-2-3-19-15(10-16)6-9-31(23(19)33)18-4-7-24-8-5-18/h2-3,6,9-11,13,18,24H,4-5,7-8,12H2,1H3,(H,26,27,29,30). The number of nitrogens with one attached hydrogen (secondary N) is 2. The molecule has 1 saturated heterocycles. The third-order valence-electron chi connectivity index (χ3n) is 6.30. The normalized spacial score (nSPS) is 14.9. The van der Waals surface area contributed by atoms with Crippen LogP contribution in [0, 0.1) is 6.92 Å². The fraction of sp³-hybridized carbons (Fsp3) is 0.304. The third kappa shape index (κ3) is 3.58. The number of aryl methyl sites for hydroxylation is 1.